The number of amides is 2. The van der Waals surface area contributed by atoms with Crippen molar-refractivity contribution in [3.8, 4) is 0 Å². The highest BCUT2D eigenvalue weighted by Gasteiger charge is 2.57. The van der Waals surface area contributed by atoms with Crippen LogP contribution in [0.5, 0.6) is 0 Å². The lowest BCUT2D eigenvalue weighted by molar-refractivity contribution is -0.205. The molecule has 2 aromatic rings. The minimum atomic E-state index is -4.76. The van der Waals surface area contributed by atoms with E-state index in [4.69, 9.17) is 9.47 Å². The van der Waals surface area contributed by atoms with Gasteiger partial charge < -0.3 is 19.5 Å². The molecule has 1 fully saturated rings. The Morgan fingerprint density at radius 2 is 1.56 bits per heavy atom. The second kappa shape index (κ2) is 12.3. The zero-order chi connectivity index (χ0) is 26.1. The molecular weight excluding hydrogens is 481 g/mol. The number of methoxy groups -OCH3 is 1. The van der Waals surface area contributed by atoms with Gasteiger partial charge in [-0.2, -0.15) is 18.2 Å². The van der Waals surface area contributed by atoms with Crippen molar-refractivity contribution in [3.63, 3.8) is 0 Å². The van der Waals surface area contributed by atoms with Crippen LogP contribution in [-0.4, -0.2) is 49.1 Å². The third-order valence-electron chi connectivity index (χ3n) is 5.54. The van der Waals surface area contributed by atoms with E-state index in [9.17, 15) is 27.6 Å². The fraction of sp³-hybridized carbons (Fsp3) is 0.360. The number of hydrogen-bond acceptors (Lipinski definition) is 6. The Morgan fingerprint density at radius 1 is 0.972 bits per heavy atom. The molecule has 8 nitrogen and oxygen atoms in total. The van der Waals surface area contributed by atoms with Crippen LogP contribution in [-0.2, 0) is 37.0 Å². The molecule has 192 valence electrons. The highest BCUT2D eigenvalue weighted by molar-refractivity contribution is 6.37. The highest BCUT2D eigenvalue weighted by Crippen LogP contribution is 2.38. The van der Waals surface area contributed by atoms with Crippen LogP contribution in [0, 0.1) is 5.92 Å². The molecule has 1 heterocycles. The number of benzene rings is 2. The molecule has 0 spiro atoms. The summed E-state index contributed by atoms with van der Waals surface area (Å²) in [4.78, 5) is 40.1. The molecule has 1 aliphatic heterocycles. The number of esters is 1. The van der Waals surface area contributed by atoms with Crippen LogP contribution in [0.4, 0.5) is 18.0 Å². The van der Waals surface area contributed by atoms with Gasteiger partial charge in [-0.15, -0.1) is 0 Å². The lowest BCUT2D eigenvalue weighted by atomic mass is 9.93. The Hall–Kier alpha value is -3.73. The zero-order valence-corrected chi connectivity index (χ0v) is 19.4. The minimum Gasteiger partial charge on any atom is -0.465 e. The molecule has 1 N–H and O–H groups in total. The third-order valence-corrected chi connectivity index (χ3v) is 5.54. The highest BCUT2D eigenvalue weighted by atomic mass is 19.4. The van der Waals surface area contributed by atoms with Crippen LogP contribution in [0.2, 0.25) is 0 Å². The first kappa shape index (κ1) is 26.9. The van der Waals surface area contributed by atoms with E-state index in [0.29, 0.717) is 11.1 Å². The first-order valence-corrected chi connectivity index (χ1v) is 11.1. The Bertz CT molecular complexity index is 1080. The van der Waals surface area contributed by atoms with E-state index < -0.39 is 47.9 Å². The van der Waals surface area contributed by atoms with E-state index >= 15 is 0 Å². The molecule has 36 heavy (non-hydrogen) atoms. The summed E-state index contributed by atoms with van der Waals surface area (Å²) < 4.78 is 56.7. The molecule has 1 saturated heterocycles. The molecule has 0 radical (unpaired) electrons. The van der Waals surface area contributed by atoms with Gasteiger partial charge in [-0.1, -0.05) is 60.7 Å². The monoisotopic (exact) mass is 506 g/mol. The van der Waals surface area contributed by atoms with Crippen molar-refractivity contribution in [2.24, 2.45) is 10.9 Å². The second-order valence-electron chi connectivity index (χ2n) is 8.03. The first-order valence-electron chi connectivity index (χ1n) is 11.1. The first-order chi connectivity index (χ1) is 17.2. The van der Waals surface area contributed by atoms with Crippen molar-refractivity contribution < 1.29 is 41.8 Å². The number of alkyl halides is 3. The maximum absolute atomic E-state index is 13.9. The van der Waals surface area contributed by atoms with Gasteiger partial charge in [-0.25, -0.2) is 9.59 Å². The predicted molar refractivity (Wildman–Crippen MR) is 122 cm³/mol. The Labute approximate surface area is 205 Å². The molecule has 2 amide bonds. The molecule has 0 bridgehead atoms. The third kappa shape index (κ3) is 7.38. The van der Waals surface area contributed by atoms with Crippen molar-refractivity contribution in [1.82, 2.24) is 5.32 Å². The molecule has 0 saturated carbocycles. The summed E-state index contributed by atoms with van der Waals surface area (Å²) in [7, 11) is 1.05. The minimum absolute atomic E-state index is 0.104. The van der Waals surface area contributed by atoms with E-state index in [1.54, 1.807) is 60.7 Å². The smallest absolute Gasteiger partial charge is 0.434 e. The molecule has 11 heteroatoms. The summed E-state index contributed by atoms with van der Waals surface area (Å²) in [6, 6.07) is 15.8. The van der Waals surface area contributed by atoms with Crippen LogP contribution in [0.15, 0.2) is 65.7 Å². The lowest BCUT2D eigenvalue weighted by Crippen LogP contribution is -2.41. The average Bonchev–Trinajstić information content (AvgIpc) is 3.20. The fourth-order valence-corrected chi connectivity index (χ4v) is 3.80. The van der Waals surface area contributed by atoms with Crippen LogP contribution in [0.1, 0.15) is 24.0 Å². The number of nitrogens with zero attached hydrogens (tertiary/aromatic N) is 1. The van der Waals surface area contributed by atoms with Crippen molar-refractivity contribution in [2.75, 3.05) is 7.11 Å². The van der Waals surface area contributed by atoms with Gasteiger partial charge in [0.05, 0.1) is 13.7 Å². The largest absolute Gasteiger partial charge is 0.465 e. The van der Waals surface area contributed by atoms with Gasteiger partial charge in [0.1, 0.15) is 24.3 Å². The zero-order valence-electron chi connectivity index (χ0n) is 19.4. The van der Waals surface area contributed by atoms with Crippen molar-refractivity contribution in [2.45, 2.75) is 44.4 Å². The topological polar surface area (TPSA) is 103 Å². The number of halogens is 3. The normalized spacial score (nSPS) is 20.1. The van der Waals surface area contributed by atoms with E-state index in [0.717, 1.165) is 7.11 Å². The van der Waals surface area contributed by atoms with E-state index in [1.807, 2.05) is 0 Å². The predicted octanol–water partition coefficient (Wildman–Crippen LogP) is 3.98. The van der Waals surface area contributed by atoms with Gasteiger partial charge in [-0.3, -0.25) is 4.79 Å². The number of hydrogen-bond donors (Lipinski definition) is 1. The number of carbonyl (C=O) groups is 3. The van der Waals surface area contributed by atoms with Crippen LogP contribution in [0.3, 0.4) is 0 Å². The number of aliphatic imine (C=N–C) groups is 1. The van der Waals surface area contributed by atoms with Crippen LogP contribution >= 0.6 is 0 Å². The Balaban J connectivity index is 1.67. The van der Waals surface area contributed by atoms with Crippen LogP contribution in [0.25, 0.3) is 0 Å². The number of rotatable bonds is 9. The van der Waals surface area contributed by atoms with Gasteiger partial charge in [0.25, 0.3) is 0 Å². The molecule has 3 unspecified atom stereocenters. The summed E-state index contributed by atoms with van der Waals surface area (Å²) in [6.07, 6.45) is -8.31. The van der Waals surface area contributed by atoms with E-state index in [-0.39, 0.29) is 26.1 Å². The van der Waals surface area contributed by atoms with Gasteiger partial charge >= 0.3 is 18.2 Å². The van der Waals surface area contributed by atoms with Gasteiger partial charge in [0.15, 0.2) is 0 Å². The maximum Gasteiger partial charge on any atom is 0.434 e. The molecule has 3 atom stereocenters. The summed E-state index contributed by atoms with van der Waals surface area (Å²) >= 11 is 0. The lowest BCUT2D eigenvalue weighted by Gasteiger charge is -2.25. The van der Waals surface area contributed by atoms with Gasteiger partial charge in [0, 0.05) is 6.04 Å². The van der Waals surface area contributed by atoms with Gasteiger partial charge in [0.2, 0.25) is 5.91 Å². The summed E-state index contributed by atoms with van der Waals surface area (Å²) in [5.74, 6) is -4.05. The van der Waals surface area contributed by atoms with Crippen molar-refractivity contribution >= 4 is 23.7 Å². The van der Waals surface area contributed by atoms with E-state index in [2.05, 4.69) is 15.0 Å². The average molecular weight is 506 g/mol. The molecule has 0 aromatic heterocycles. The molecule has 1 aliphatic rings. The van der Waals surface area contributed by atoms with Gasteiger partial charge in [-0.05, 0) is 24.0 Å². The summed E-state index contributed by atoms with van der Waals surface area (Å²) in [5, 5.41) is 2.30. The quantitative estimate of drug-likeness (QED) is 0.408. The number of carbonyl (C=O) groups excluding carboxylic acids is 3. The fourth-order valence-electron chi connectivity index (χ4n) is 3.80. The number of ether oxygens (including phenoxy) is 3. The SMILES string of the molecule is COC(=O)C(CCC1NC(=O)C(OCc2ccccc2)C1C(F)(F)F)=NC(=O)OCc1ccccc1. The molecule has 2 aromatic carbocycles. The van der Waals surface area contributed by atoms with Crippen molar-refractivity contribution in [3.05, 3.63) is 71.8 Å². The summed E-state index contributed by atoms with van der Waals surface area (Å²) in [6.45, 7) is -0.284. The second-order valence-corrected chi connectivity index (χ2v) is 8.03. The molecule has 0 aliphatic carbocycles. The Kier molecular flexibility index (Phi) is 9.18. The van der Waals surface area contributed by atoms with Crippen LogP contribution < -0.4 is 5.32 Å². The van der Waals surface area contributed by atoms with Crippen molar-refractivity contribution in [1.29, 1.82) is 0 Å². The number of nitrogens with one attached hydrogen (secondary N) is 1. The van der Waals surface area contributed by atoms with E-state index in [1.165, 1.54) is 0 Å². The Morgan fingerprint density at radius 3 is 2.11 bits per heavy atom. The maximum atomic E-state index is 13.9. The molecular formula is C25H25F3N2O6. The standard InChI is InChI=1S/C25H25F3N2O6/c1-34-23(32)19(30-24(33)36-15-17-10-6-3-7-11-17)13-12-18-20(25(26,27)28)21(22(31)29-18)35-14-16-8-4-2-5-9-16/h2-11,18,20-21H,12-15H2,1H3,(H,29,31). The molecule has 3 rings (SSSR count). The summed E-state index contributed by atoms with van der Waals surface area (Å²) in [5.41, 5.74) is 0.882.